The van der Waals surface area contributed by atoms with Crippen LogP contribution in [0.2, 0.25) is 0 Å². The van der Waals surface area contributed by atoms with Gasteiger partial charge in [0.05, 0.1) is 17.3 Å². The maximum absolute atomic E-state index is 11.3. The van der Waals surface area contributed by atoms with E-state index < -0.39 is 0 Å². The number of nitrogens with one attached hydrogen (secondary N) is 1. The lowest BCUT2D eigenvalue weighted by Crippen LogP contribution is -2.29. The van der Waals surface area contributed by atoms with Crippen molar-refractivity contribution in [2.24, 2.45) is 5.84 Å². The summed E-state index contributed by atoms with van der Waals surface area (Å²) < 4.78 is 2.49. The summed E-state index contributed by atoms with van der Waals surface area (Å²) in [6, 6.07) is 3.64. The molecule has 2 heterocycles. The molecular formula is C8H7BrN4O. The fourth-order valence-electron chi connectivity index (χ4n) is 1.21. The van der Waals surface area contributed by atoms with Crippen LogP contribution in [0, 0.1) is 0 Å². The average molecular weight is 255 g/mol. The lowest BCUT2D eigenvalue weighted by Gasteiger charge is -1.97. The molecule has 0 unspecified atom stereocenters. The maximum Gasteiger partial charge on any atom is 0.269 e. The first-order chi connectivity index (χ1) is 6.72. The molecule has 14 heavy (non-hydrogen) atoms. The SMILES string of the molecule is NNC(=O)c1cnn2ccc(Br)cc12. The minimum Gasteiger partial charge on any atom is -0.290 e. The molecule has 0 aliphatic heterocycles. The van der Waals surface area contributed by atoms with E-state index in [1.54, 1.807) is 16.8 Å². The van der Waals surface area contributed by atoms with E-state index in [9.17, 15) is 4.79 Å². The predicted molar refractivity (Wildman–Crippen MR) is 54.5 cm³/mol. The van der Waals surface area contributed by atoms with Crippen molar-refractivity contribution in [3.05, 3.63) is 34.6 Å². The minimum absolute atomic E-state index is 0.349. The van der Waals surface area contributed by atoms with E-state index >= 15 is 0 Å². The number of hydrogen-bond acceptors (Lipinski definition) is 3. The summed E-state index contributed by atoms with van der Waals surface area (Å²) in [5.41, 5.74) is 3.23. The van der Waals surface area contributed by atoms with Crippen LogP contribution >= 0.6 is 15.9 Å². The van der Waals surface area contributed by atoms with Gasteiger partial charge in [0.25, 0.3) is 5.91 Å². The van der Waals surface area contributed by atoms with Gasteiger partial charge in [0.15, 0.2) is 0 Å². The molecule has 0 fully saturated rings. The Labute approximate surface area is 88.0 Å². The van der Waals surface area contributed by atoms with Gasteiger partial charge in [-0.05, 0) is 12.1 Å². The van der Waals surface area contributed by atoms with Gasteiger partial charge in [-0.25, -0.2) is 10.4 Å². The first-order valence-electron chi connectivity index (χ1n) is 3.86. The van der Waals surface area contributed by atoms with Gasteiger partial charge in [-0.2, -0.15) is 5.10 Å². The highest BCUT2D eigenvalue weighted by atomic mass is 79.9. The van der Waals surface area contributed by atoms with E-state index in [0.29, 0.717) is 11.1 Å². The number of hydrogen-bond donors (Lipinski definition) is 2. The number of nitrogen functional groups attached to an aromatic ring is 1. The molecule has 0 bridgehead atoms. The van der Waals surface area contributed by atoms with Crippen molar-refractivity contribution < 1.29 is 4.79 Å². The predicted octanol–water partition coefficient (Wildman–Crippen LogP) is 0.700. The Kier molecular flexibility index (Phi) is 2.22. The van der Waals surface area contributed by atoms with Crippen LogP contribution in [0.5, 0.6) is 0 Å². The van der Waals surface area contributed by atoms with Crippen LogP contribution in [0.4, 0.5) is 0 Å². The number of halogens is 1. The standard InChI is InChI=1S/C8H7BrN4O/c9-5-1-2-13-7(3-5)6(4-11-13)8(14)12-10/h1-4H,10H2,(H,12,14). The van der Waals surface area contributed by atoms with Crippen LogP contribution in [0.25, 0.3) is 5.52 Å². The molecule has 6 heteroatoms. The molecule has 0 aliphatic carbocycles. The fraction of sp³-hybridized carbons (Fsp3) is 0. The lowest BCUT2D eigenvalue weighted by molar-refractivity contribution is 0.0955. The number of aromatic nitrogens is 2. The molecule has 0 aliphatic rings. The molecule has 1 amide bonds. The number of amides is 1. The summed E-state index contributed by atoms with van der Waals surface area (Å²) in [4.78, 5) is 11.3. The smallest absolute Gasteiger partial charge is 0.269 e. The summed E-state index contributed by atoms with van der Waals surface area (Å²) in [5.74, 6) is 4.70. The fourth-order valence-corrected chi connectivity index (χ4v) is 1.54. The number of carbonyl (C=O) groups is 1. The average Bonchev–Trinajstić information content (AvgIpc) is 2.59. The second-order valence-electron chi connectivity index (χ2n) is 2.71. The monoisotopic (exact) mass is 254 g/mol. The van der Waals surface area contributed by atoms with Crippen LogP contribution in [-0.2, 0) is 0 Å². The van der Waals surface area contributed by atoms with Crippen LogP contribution in [-0.4, -0.2) is 15.5 Å². The van der Waals surface area contributed by atoms with Crippen molar-refractivity contribution in [1.29, 1.82) is 0 Å². The minimum atomic E-state index is -0.349. The molecule has 2 rings (SSSR count). The number of fused-ring (bicyclic) bond motifs is 1. The first kappa shape index (κ1) is 9.17. The van der Waals surface area contributed by atoms with E-state index in [1.807, 2.05) is 6.07 Å². The highest BCUT2D eigenvalue weighted by molar-refractivity contribution is 9.10. The molecule has 0 spiro atoms. The van der Waals surface area contributed by atoms with E-state index in [0.717, 1.165) is 4.47 Å². The molecule has 0 aromatic carbocycles. The van der Waals surface area contributed by atoms with Gasteiger partial charge in [0.2, 0.25) is 0 Å². The van der Waals surface area contributed by atoms with E-state index in [1.165, 1.54) is 6.20 Å². The molecule has 0 saturated heterocycles. The first-order valence-corrected chi connectivity index (χ1v) is 4.65. The molecule has 3 N–H and O–H groups in total. The molecular weight excluding hydrogens is 248 g/mol. The van der Waals surface area contributed by atoms with Crippen LogP contribution < -0.4 is 11.3 Å². The van der Waals surface area contributed by atoms with Crippen molar-refractivity contribution in [2.45, 2.75) is 0 Å². The van der Waals surface area contributed by atoms with Crippen molar-refractivity contribution in [3.8, 4) is 0 Å². The zero-order valence-corrected chi connectivity index (χ0v) is 8.65. The highest BCUT2D eigenvalue weighted by Gasteiger charge is 2.10. The third-order valence-corrected chi connectivity index (χ3v) is 2.35. The van der Waals surface area contributed by atoms with Crippen LogP contribution in [0.3, 0.4) is 0 Å². The van der Waals surface area contributed by atoms with Gasteiger partial charge in [-0.15, -0.1) is 0 Å². The summed E-state index contributed by atoms with van der Waals surface area (Å²) in [6.45, 7) is 0. The molecule has 0 radical (unpaired) electrons. The zero-order valence-electron chi connectivity index (χ0n) is 7.07. The molecule has 2 aromatic heterocycles. The summed E-state index contributed by atoms with van der Waals surface area (Å²) in [6.07, 6.45) is 3.23. The Bertz CT molecular complexity index is 493. The third-order valence-electron chi connectivity index (χ3n) is 1.86. The summed E-state index contributed by atoms with van der Waals surface area (Å²) in [5, 5.41) is 4.01. The van der Waals surface area contributed by atoms with Crippen molar-refractivity contribution in [1.82, 2.24) is 15.0 Å². The third kappa shape index (κ3) is 1.38. The normalized spacial score (nSPS) is 10.4. The summed E-state index contributed by atoms with van der Waals surface area (Å²) in [7, 11) is 0. The Balaban J connectivity index is 2.67. The van der Waals surface area contributed by atoms with Gasteiger partial charge in [-0.1, -0.05) is 15.9 Å². The Morgan fingerprint density at radius 1 is 1.64 bits per heavy atom. The van der Waals surface area contributed by atoms with Crippen molar-refractivity contribution in [2.75, 3.05) is 0 Å². The van der Waals surface area contributed by atoms with Gasteiger partial charge in [0, 0.05) is 10.7 Å². The number of hydrazine groups is 1. The number of carbonyl (C=O) groups excluding carboxylic acids is 1. The molecule has 2 aromatic rings. The second kappa shape index (κ2) is 3.39. The number of nitrogens with two attached hydrogens (primary N) is 1. The van der Waals surface area contributed by atoms with Gasteiger partial charge in [0.1, 0.15) is 0 Å². The number of pyridine rings is 1. The second-order valence-corrected chi connectivity index (χ2v) is 3.62. The van der Waals surface area contributed by atoms with E-state index in [2.05, 4.69) is 26.5 Å². The Morgan fingerprint density at radius 3 is 3.14 bits per heavy atom. The molecule has 72 valence electrons. The topological polar surface area (TPSA) is 72.4 Å². The van der Waals surface area contributed by atoms with Gasteiger partial charge >= 0.3 is 0 Å². The van der Waals surface area contributed by atoms with Gasteiger partial charge in [-0.3, -0.25) is 10.2 Å². The van der Waals surface area contributed by atoms with Crippen LogP contribution in [0.15, 0.2) is 29.0 Å². The van der Waals surface area contributed by atoms with E-state index in [4.69, 9.17) is 5.84 Å². The molecule has 5 nitrogen and oxygen atoms in total. The number of rotatable bonds is 1. The maximum atomic E-state index is 11.3. The molecule has 0 atom stereocenters. The van der Waals surface area contributed by atoms with Crippen molar-refractivity contribution in [3.63, 3.8) is 0 Å². The molecule has 0 saturated carbocycles. The summed E-state index contributed by atoms with van der Waals surface area (Å²) >= 11 is 3.32. The number of nitrogens with zero attached hydrogens (tertiary/aromatic N) is 2. The Morgan fingerprint density at radius 2 is 2.43 bits per heavy atom. The lowest BCUT2D eigenvalue weighted by atomic mass is 10.2. The largest absolute Gasteiger partial charge is 0.290 e. The quantitative estimate of drug-likeness (QED) is 0.447. The van der Waals surface area contributed by atoms with Crippen LogP contribution in [0.1, 0.15) is 10.4 Å². The van der Waals surface area contributed by atoms with Crippen molar-refractivity contribution >= 4 is 27.4 Å². The zero-order chi connectivity index (χ0) is 10.1. The van der Waals surface area contributed by atoms with E-state index in [-0.39, 0.29) is 5.91 Å². The highest BCUT2D eigenvalue weighted by Crippen LogP contribution is 2.16. The van der Waals surface area contributed by atoms with Gasteiger partial charge < -0.3 is 0 Å². The Hall–Kier alpha value is -1.40.